The van der Waals surface area contributed by atoms with Gasteiger partial charge in [-0.05, 0) is 24.6 Å². The van der Waals surface area contributed by atoms with E-state index in [1.165, 1.54) is 17.0 Å². The Hall–Kier alpha value is -1.59. The molecular formula is C14H14ClNO3S. The fourth-order valence-corrected chi connectivity index (χ4v) is 2.84. The van der Waals surface area contributed by atoms with Crippen molar-refractivity contribution in [3.63, 3.8) is 0 Å². The molecule has 0 N–H and O–H groups in total. The lowest BCUT2D eigenvalue weighted by atomic mass is 10.2. The summed E-state index contributed by atoms with van der Waals surface area (Å²) in [7, 11) is 0. The zero-order chi connectivity index (χ0) is 14.5. The van der Waals surface area contributed by atoms with Gasteiger partial charge in [0.05, 0.1) is 10.8 Å². The van der Waals surface area contributed by atoms with Crippen LogP contribution in [0.1, 0.15) is 22.2 Å². The van der Waals surface area contributed by atoms with E-state index in [-0.39, 0.29) is 11.6 Å². The Bertz CT molecular complexity index is 612. The van der Waals surface area contributed by atoms with Crippen LogP contribution in [0.3, 0.4) is 0 Å². The van der Waals surface area contributed by atoms with E-state index in [1.54, 1.807) is 17.4 Å². The number of ether oxygens (including phenoxy) is 1. The van der Waals surface area contributed by atoms with Crippen LogP contribution in [0.2, 0.25) is 0 Å². The summed E-state index contributed by atoms with van der Waals surface area (Å²) < 4.78 is 5.71. The summed E-state index contributed by atoms with van der Waals surface area (Å²) in [6, 6.07) is 8.60. The third kappa shape index (κ3) is 3.49. The second-order valence-electron chi connectivity index (χ2n) is 4.19. The number of halogens is 1. The summed E-state index contributed by atoms with van der Waals surface area (Å²) >= 11 is 7.52. The van der Waals surface area contributed by atoms with Crippen molar-refractivity contribution in [3.8, 4) is 5.75 Å². The molecule has 106 valence electrons. The first-order valence-corrected chi connectivity index (χ1v) is 7.52. The van der Waals surface area contributed by atoms with Crippen LogP contribution in [0.15, 0.2) is 30.3 Å². The predicted octanol–water partition coefficient (Wildman–Crippen LogP) is 4.54. The van der Waals surface area contributed by atoms with Crippen LogP contribution in [-0.4, -0.2) is 4.92 Å². The lowest BCUT2D eigenvalue weighted by molar-refractivity contribution is -0.384. The summed E-state index contributed by atoms with van der Waals surface area (Å²) in [5.74, 6) is 0.777. The zero-order valence-corrected chi connectivity index (χ0v) is 12.5. The molecule has 6 heteroatoms. The molecule has 20 heavy (non-hydrogen) atoms. The van der Waals surface area contributed by atoms with E-state index in [0.29, 0.717) is 17.9 Å². The standard InChI is InChI=1S/C14H14ClNO3S/c1-2-12-4-5-13(20-12)9-19-14-6-3-11(16(17)18)7-10(14)8-15/h3-7H,2,8-9H2,1H3. The minimum atomic E-state index is -0.438. The van der Waals surface area contributed by atoms with Crippen molar-refractivity contribution in [2.45, 2.75) is 25.8 Å². The number of alkyl halides is 1. The maximum absolute atomic E-state index is 10.7. The summed E-state index contributed by atoms with van der Waals surface area (Å²) in [5.41, 5.74) is 0.658. The Morgan fingerprint density at radius 2 is 2.05 bits per heavy atom. The molecule has 0 aliphatic heterocycles. The normalized spacial score (nSPS) is 10.5. The van der Waals surface area contributed by atoms with Crippen LogP contribution in [0.4, 0.5) is 5.69 Å². The largest absolute Gasteiger partial charge is 0.488 e. The van der Waals surface area contributed by atoms with Crippen molar-refractivity contribution >= 4 is 28.6 Å². The SMILES string of the molecule is CCc1ccc(COc2ccc([N+](=O)[O-])cc2CCl)s1. The molecule has 0 unspecified atom stereocenters. The van der Waals surface area contributed by atoms with Gasteiger partial charge in [-0.2, -0.15) is 0 Å². The molecule has 2 rings (SSSR count). The van der Waals surface area contributed by atoms with E-state index in [1.807, 2.05) is 6.07 Å². The third-order valence-corrected chi connectivity index (χ3v) is 4.33. The molecule has 2 aromatic rings. The highest BCUT2D eigenvalue weighted by atomic mass is 35.5. The van der Waals surface area contributed by atoms with Crippen LogP contribution in [-0.2, 0) is 18.9 Å². The van der Waals surface area contributed by atoms with Crippen molar-refractivity contribution in [1.82, 2.24) is 0 Å². The molecule has 0 spiro atoms. The number of hydrogen-bond donors (Lipinski definition) is 0. The molecule has 0 bridgehead atoms. The molecule has 0 amide bonds. The molecule has 0 saturated heterocycles. The van der Waals surface area contributed by atoms with Gasteiger partial charge in [-0.25, -0.2) is 0 Å². The Morgan fingerprint density at radius 3 is 2.65 bits per heavy atom. The van der Waals surface area contributed by atoms with Crippen molar-refractivity contribution in [2.24, 2.45) is 0 Å². The number of benzene rings is 1. The molecule has 0 saturated carbocycles. The summed E-state index contributed by atoms with van der Waals surface area (Å²) in [6.07, 6.45) is 1.01. The quantitative estimate of drug-likeness (QED) is 0.447. The number of nitro groups is 1. The van der Waals surface area contributed by atoms with Gasteiger partial charge in [-0.3, -0.25) is 10.1 Å². The Balaban J connectivity index is 2.10. The average molecular weight is 312 g/mol. The number of non-ortho nitro benzene ring substituents is 1. The van der Waals surface area contributed by atoms with Gasteiger partial charge in [-0.1, -0.05) is 6.92 Å². The second kappa shape index (κ2) is 6.72. The van der Waals surface area contributed by atoms with Gasteiger partial charge in [-0.15, -0.1) is 22.9 Å². The first kappa shape index (κ1) is 14.8. The summed E-state index contributed by atoms with van der Waals surface area (Å²) in [6.45, 7) is 2.56. The second-order valence-corrected chi connectivity index (χ2v) is 5.71. The van der Waals surface area contributed by atoms with E-state index < -0.39 is 4.92 Å². The third-order valence-electron chi connectivity index (χ3n) is 2.83. The first-order valence-electron chi connectivity index (χ1n) is 6.17. The maximum atomic E-state index is 10.7. The van der Waals surface area contributed by atoms with Crippen molar-refractivity contribution in [2.75, 3.05) is 0 Å². The summed E-state index contributed by atoms with van der Waals surface area (Å²) in [4.78, 5) is 12.7. The Labute approximate surface area is 126 Å². The van der Waals surface area contributed by atoms with Crippen LogP contribution in [0.25, 0.3) is 0 Å². The average Bonchev–Trinajstić information content (AvgIpc) is 2.92. The summed E-state index contributed by atoms with van der Waals surface area (Å²) in [5, 5.41) is 10.7. The molecule has 0 radical (unpaired) electrons. The van der Waals surface area contributed by atoms with Gasteiger partial charge in [0.15, 0.2) is 0 Å². The van der Waals surface area contributed by atoms with Crippen molar-refractivity contribution in [3.05, 3.63) is 55.8 Å². The highest BCUT2D eigenvalue weighted by Gasteiger charge is 2.11. The van der Waals surface area contributed by atoms with Crippen LogP contribution in [0.5, 0.6) is 5.75 Å². The van der Waals surface area contributed by atoms with E-state index in [4.69, 9.17) is 16.3 Å². The van der Waals surface area contributed by atoms with Gasteiger partial charge in [0.2, 0.25) is 0 Å². The number of nitrogens with zero attached hydrogens (tertiary/aromatic N) is 1. The number of hydrogen-bond acceptors (Lipinski definition) is 4. The fraction of sp³-hybridized carbons (Fsp3) is 0.286. The molecule has 0 aliphatic rings. The lowest BCUT2D eigenvalue weighted by Gasteiger charge is -2.08. The van der Waals surface area contributed by atoms with Gasteiger partial charge in [0.1, 0.15) is 12.4 Å². The van der Waals surface area contributed by atoms with Gasteiger partial charge in [0, 0.05) is 27.5 Å². The Kier molecular flexibility index (Phi) is 4.98. The van der Waals surface area contributed by atoms with Gasteiger partial charge in [0.25, 0.3) is 5.69 Å². The lowest BCUT2D eigenvalue weighted by Crippen LogP contribution is -1.97. The molecule has 1 heterocycles. The molecule has 1 aromatic heterocycles. The number of aryl methyl sites for hydroxylation is 1. The van der Waals surface area contributed by atoms with E-state index in [9.17, 15) is 10.1 Å². The highest BCUT2D eigenvalue weighted by molar-refractivity contribution is 7.11. The molecule has 1 aromatic carbocycles. The van der Waals surface area contributed by atoms with Crippen LogP contribution >= 0.6 is 22.9 Å². The van der Waals surface area contributed by atoms with E-state index >= 15 is 0 Å². The van der Waals surface area contributed by atoms with Crippen LogP contribution < -0.4 is 4.74 Å². The van der Waals surface area contributed by atoms with Gasteiger partial charge >= 0.3 is 0 Å². The highest BCUT2D eigenvalue weighted by Crippen LogP contribution is 2.27. The predicted molar refractivity (Wildman–Crippen MR) is 80.7 cm³/mol. The van der Waals surface area contributed by atoms with Crippen molar-refractivity contribution < 1.29 is 9.66 Å². The van der Waals surface area contributed by atoms with Crippen LogP contribution in [0, 0.1) is 10.1 Å². The number of thiophene rings is 1. The molecular weight excluding hydrogens is 298 g/mol. The fourth-order valence-electron chi connectivity index (χ4n) is 1.76. The molecule has 0 fully saturated rings. The first-order chi connectivity index (χ1) is 9.63. The Morgan fingerprint density at radius 1 is 1.30 bits per heavy atom. The smallest absolute Gasteiger partial charge is 0.270 e. The van der Waals surface area contributed by atoms with E-state index in [2.05, 4.69) is 13.0 Å². The molecule has 0 atom stereocenters. The zero-order valence-electron chi connectivity index (χ0n) is 11.0. The number of nitro benzene ring substituents is 1. The van der Waals surface area contributed by atoms with Gasteiger partial charge < -0.3 is 4.74 Å². The molecule has 0 aliphatic carbocycles. The number of rotatable bonds is 6. The van der Waals surface area contributed by atoms with Crippen molar-refractivity contribution in [1.29, 1.82) is 0 Å². The minimum absolute atomic E-state index is 0.0254. The van der Waals surface area contributed by atoms with E-state index in [0.717, 1.165) is 11.3 Å². The maximum Gasteiger partial charge on any atom is 0.270 e. The monoisotopic (exact) mass is 311 g/mol. The molecule has 4 nitrogen and oxygen atoms in total. The topological polar surface area (TPSA) is 52.4 Å². The minimum Gasteiger partial charge on any atom is -0.488 e.